The van der Waals surface area contributed by atoms with Crippen molar-refractivity contribution in [3.05, 3.63) is 23.8 Å². The number of hydrogen-bond acceptors (Lipinski definition) is 4. The lowest BCUT2D eigenvalue weighted by Crippen LogP contribution is -2.10. The first-order valence-electron chi connectivity index (χ1n) is 6.11. The maximum Gasteiger partial charge on any atom is 0.154 e. The summed E-state index contributed by atoms with van der Waals surface area (Å²) in [4.78, 5) is 0. The topological polar surface area (TPSA) is 69.4 Å². The lowest BCUT2D eigenvalue weighted by Gasteiger charge is -2.10. The number of hydrogen-bond donors (Lipinski definition) is 1. The summed E-state index contributed by atoms with van der Waals surface area (Å²) < 4.78 is 29.1. The Balaban J connectivity index is 2.79. The van der Waals surface area contributed by atoms with E-state index in [4.69, 9.17) is 10.5 Å². The fraction of sp³-hybridized carbons (Fsp3) is 0.538. The van der Waals surface area contributed by atoms with E-state index in [9.17, 15) is 8.42 Å². The molecule has 2 N–H and O–H groups in total. The summed E-state index contributed by atoms with van der Waals surface area (Å²) in [6.45, 7) is 2.05. The quantitative estimate of drug-likeness (QED) is 0.610. The molecule has 0 unspecified atom stereocenters. The number of anilines is 1. The van der Waals surface area contributed by atoms with Gasteiger partial charge in [-0.1, -0.05) is 19.8 Å². The highest BCUT2D eigenvalue weighted by Crippen LogP contribution is 2.23. The minimum Gasteiger partial charge on any atom is -0.496 e. The summed E-state index contributed by atoms with van der Waals surface area (Å²) in [5, 5.41) is 0. The van der Waals surface area contributed by atoms with E-state index >= 15 is 0 Å². The number of rotatable bonds is 7. The molecule has 0 spiro atoms. The van der Waals surface area contributed by atoms with Gasteiger partial charge < -0.3 is 10.5 Å². The van der Waals surface area contributed by atoms with Crippen LogP contribution in [0.2, 0.25) is 0 Å². The fourth-order valence-electron chi connectivity index (χ4n) is 1.79. The maximum absolute atomic E-state index is 12.0. The monoisotopic (exact) mass is 271 g/mol. The SMILES string of the molecule is CCCCCS(=O)(=O)Cc1cc(N)ccc1OC. The normalized spacial score (nSPS) is 11.4. The van der Waals surface area contributed by atoms with E-state index in [-0.39, 0.29) is 11.5 Å². The third-order valence-electron chi connectivity index (χ3n) is 2.74. The summed E-state index contributed by atoms with van der Waals surface area (Å²) >= 11 is 0. The van der Waals surface area contributed by atoms with E-state index in [1.807, 2.05) is 6.92 Å². The van der Waals surface area contributed by atoms with E-state index in [2.05, 4.69) is 0 Å². The highest BCUT2D eigenvalue weighted by molar-refractivity contribution is 7.90. The average Bonchev–Trinajstić information content (AvgIpc) is 2.29. The number of ether oxygens (including phenoxy) is 1. The molecule has 5 heteroatoms. The van der Waals surface area contributed by atoms with E-state index in [1.54, 1.807) is 18.2 Å². The van der Waals surface area contributed by atoms with Crippen LogP contribution in [0.15, 0.2) is 18.2 Å². The molecule has 4 nitrogen and oxygen atoms in total. The van der Waals surface area contributed by atoms with Crippen LogP contribution in [-0.2, 0) is 15.6 Å². The van der Waals surface area contributed by atoms with Gasteiger partial charge in [-0.2, -0.15) is 0 Å². The molecule has 0 aliphatic rings. The molecule has 0 atom stereocenters. The minimum absolute atomic E-state index is 0.00900. The van der Waals surface area contributed by atoms with Gasteiger partial charge >= 0.3 is 0 Å². The van der Waals surface area contributed by atoms with Crippen LogP contribution in [0.25, 0.3) is 0 Å². The Bertz CT molecular complexity index is 483. The second kappa shape index (κ2) is 6.64. The molecule has 0 aliphatic heterocycles. The first kappa shape index (κ1) is 14.8. The summed E-state index contributed by atoms with van der Waals surface area (Å²) in [6, 6.07) is 5.06. The van der Waals surface area contributed by atoms with Crippen molar-refractivity contribution in [1.29, 1.82) is 0 Å². The first-order valence-corrected chi connectivity index (χ1v) is 7.93. The van der Waals surface area contributed by atoms with E-state index < -0.39 is 9.84 Å². The average molecular weight is 271 g/mol. The molecule has 0 bridgehead atoms. The molecule has 0 fully saturated rings. The number of benzene rings is 1. The van der Waals surface area contributed by atoms with Gasteiger partial charge in [0.1, 0.15) is 5.75 Å². The molecule has 0 radical (unpaired) electrons. The van der Waals surface area contributed by atoms with Crippen molar-refractivity contribution in [2.24, 2.45) is 0 Å². The predicted molar refractivity (Wildman–Crippen MR) is 74.4 cm³/mol. The zero-order valence-electron chi connectivity index (χ0n) is 11.0. The van der Waals surface area contributed by atoms with E-state index in [0.29, 0.717) is 23.4 Å². The van der Waals surface area contributed by atoms with Crippen LogP contribution in [0.1, 0.15) is 31.7 Å². The Morgan fingerprint density at radius 2 is 2.00 bits per heavy atom. The third-order valence-corrected chi connectivity index (χ3v) is 4.40. The van der Waals surface area contributed by atoms with E-state index in [0.717, 1.165) is 12.8 Å². The van der Waals surface area contributed by atoms with Crippen LogP contribution >= 0.6 is 0 Å². The number of nitrogen functional groups attached to an aromatic ring is 1. The van der Waals surface area contributed by atoms with Crippen molar-refractivity contribution >= 4 is 15.5 Å². The Morgan fingerprint density at radius 1 is 1.28 bits per heavy atom. The Morgan fingerprint density at radius 3 is 2.61 bits per heavy atom. The fourth-order valence-corrected chi connectivity index (χ4v) is 3.28. The van der Waals surface area contributed by atoms with Crippen LogP contribution in [0, 0.1) is 0 Å². The Labute approximate surface area is 109 Å². The molecule has 102 valence electrons. The molecule has 0 aliphatic carbocycles. The Hall–Kier alpha value is -1.23. The van der Waals surface area contributed by atoms with Gasteiger partial charge in [0, 0.05) is 11.3 Å². The van der Waals surface area contributed by atoms with Crippen LogP contribution in [0.3, 0.4) is 0 Å². The van der Waals surface area contributed by atoms with Crippen molar-refractivity contribution in [3.63, 3.8) is 0 Å². The smallest absolute Gasteiger partial charge is 0.154 e. The van der Waals surface area contributed by atoms with Gasteiger partial charge in [0.25, 0.3) is 0 Å². The van der Waals surface area contributed by atoms with Gasteiger partial charge in [-0.25, -0.2) is 8.42 Å². The highest BCUT2D eigenvalue weighted by atomic mass is 32.2. The molecular formula is C13H21NO3S. The van der Waals surface area contributed by atoms with Crippen molar-refractivity contribution in [3.8, 4) is 5.75 Å². The summed E-state index contributed by atoms with van der Waals surface area (Å²) in [5.74, 6) is 0.784. The number of unbranched alkanes of at least 4 members (excludes halogenated alkanes) is 2. The van der Waals surface area contributed by atoms with Gasteiger partial charge in [0.15, 0.2) is 9.84 Å². The van der Waals surface area contributed by atoms with Crippen LogP contribution in [0.5, 0.6) is 5.75 Å². The van der Waals surface area contributed by atoms with Gasteiger partial charge in [-0.15, -0.1) is 0 Å². The molecule has 1 rings (SSSR count). The summed E-state index contributed by atoms with van der Waals surface area (Å²) in [5.41, 5.74) is 6.86. The second-order valence-corrected chi connectivity index (χ2v) is 6.55. The number of methoxy groups -OCH3 is 1. The van der Waals surface area contributed by atoms with Crippen molar-refractivity contribution < 1.29 is 13.2 Å². The molecule has 1 aromatic carbocycles. The first-order chi connectivity index (χ1) is 8.48. The lowest BCUT2D eigenvalue weighted by molar-refractivity contribution is 0.411. The molecule has 0 saturated heterocycles. The Kier molecular flexibility index (Phi) is 5.47. The molecule has 18 heavy (non-hydrogen) atoms. The standard InChI is InChI=1S/C13H21NO3S/c1-3-4-5-8-18(15,16)10-11-9-12(14)6-7-13(11)17-2/h6-7,9H,3-5,8,10,14H2,1-2H3. The van der Waals surface area contributed by atoms with Gasteiger partial charge in [0.05, 0.1) is 18.6 Å². The van der Waals surface area contributed by atoms with Gasteiger partial charge in [-0.3, -0.25) is 0 Å². The predicted octanol–water partition coefficient (Wildman–Crippen LogP) is 2.38. The zero-order valence-corrected chi connectivity index (χ0v) is 11.8. The van der Waals surface area contributed by atoms with Crippen LogP contribution in [0.4, 0.5) is 5.69 Å². The molecule has 0 saturated carbocycles. The summed E-state index contributed by atoms with van der Waals surface area (Å²) in [7, 11) is -1.57. The van der Waals surface area contributed by atoms with Crippen molar-refractivity contribution in [2.45, 2.75) is 31.9 Å². The highest BCUT2D eigenvalue weighted by Gasteiger charge is 2.15. The third kappa shape index (κ3) is 4.56. The van der Waals surface area contributed by atoms with Crippen molar-refractivity contribution in [2.75, 3.05) is 18.6 Å². The number of sulfone groups is 1. The van der Waals surface area contributed by atoms with Gasteiger partial charge in [0.2, 0.25) is 0 Å². The molecular weight excluding hydrogens is 250 g/mol. The molecule has 0 heterocycles. The van der Waals surface area contributed by atoms with Crippen molar-refractivity contribution in [1.82, 2.24) is 0 Å². The minimum atomic E-state index is -3.09. The second-order valence-electron chi connectivity index (χ2n) is 4.37. The maximum atomic E-state index is 12.0. The lowest BCUT2D eigenvalue weighted by atomic mass is 10.2. The molecule has 0 amide bonds. The van der Waals surface area contributed by atoms with Gasteiger partial charge in [-0.05, 0) is 24.6 Å². The largest absolute Gasteiger partial charge is 0.496 e. The van der Waals surface area contributed by atoms with Crippen LogP contribution < -0.4 is 10.5 Å². The summed E-state index contributed by atoms with van der Waals surface area (Å²) in [6.07, 6.45) is 2.66. The molecule has 1 aromatic rings. The molecule has 0 aromatic heterocycles. The number of nitrogens with two attached hydrogens (primary N) is 1. The van der Waals surface area contributed by atoms with Crippen LogP contribution in [-0.4, -0.2) is 21.3 Å². The van der Waals surface area contributed by atoms with E-state index in [1.165, 1.54) is 7.11 Å². The zero-order chi connectivity index (χ0) is 13.6.